The maximum Gasteiger partial charge on any atom is 0.150 e. The molecule has 0 amide bonds. The summed E-state index contributed by atoms with van der Waals surface area (Å²) in [6.07, 6.45) is 2.66. The molecule has 0 aliphatic carbocycles. The highest BCUT2D eigenvalue weighted by atomic mass is 32.2. The van der Waals surface area contributed by atoms with E-state index in [0.717, 1.165) is 46.4 Å². The van der Waals surface area contributed by atoms with Gasteiger partial charge in [0.1, 0.15) is 6.29 Å². The molecule has 1 saturated heterocycles. The Balaban J connectivity index is 0.000000183. The van der Waals surface area contributed by atoms with Crippen LogP contribution >= 0.6 is 11.9 Å². The van der Waals surface area contributed by atoms with Crippen LogP contribution in [0.25, 0.3) is 10.9 Å². The summed E-state index contributed by atoms with van der Waals surface area (Å²) in [5.74, 6) is 0. The molecule has 1 fully saturated rings. The highest BCUT2D eigenvalue weighted by Gasteiger charge is 2.22. The molecule has 168 valence electrons. The highest BCUT2D eigenvalue weighted by Crippen LogP contribution is 2.28. The molecule has 2 heterocycles. The van der Waals surface area contributed by atoms with Crippen molar-refractivity contribution in [3.63, 3.8) is 0 Å². The zero-order valence-electron chi connectivity index (χ0n) is 18.9. The maximum absolute atomic E-state index is 10.8. The molecule has 5 rings (SSSR count). The van der Waals surface area contributed by atoms with Crippen molar-refractivity contribution in [2.75, 3.05) is 30.2 Å². The maximum atomic E-state index is 10.8. The Bertz CT molecular complexity index is 1200. The Hall–Kier alpha value is -3.35. The molecule has 2 N–H and O–H groups in total. The topological polar surface area (TPSA) is 57.3 Å². The fraction of sp³-hybridized carbons (Fsp3) is 0.185. The van der Waals surface area contributed by atoms with Crippen LogP contribution in [0.5, 0.6) is 0 Å². The normalized spacial score (nSPS) is 13.5. The van der Waals surface area contributed by atoms with E-state index in [1.807, 2.05) is 49.4 Å². The Kier molecular flexibility index (Phi) is 7.60. The first-order chi connectivity index (χ1) is 16.1. The van der Waals surface area contributed by atoms with E-state index in [9.17, 15) is 4.79 Å². The van der Waals surface area contributed by atoms with Gasteiger partial charge < -0.3 is 14.9 Å². The number of aldehydes is 1. The summed E-state index contributed by atoms with van der Waals surface area (Å²) in [5.41, 5.74) is 4.95. The van der Waals surface area contributed by atoms with Gasteiger partial charge >= 0.3 is 0 Å². The van der Waals surface area contributed by atoms with E-state index in [2.05, 4.69) is 63.4 Å². The van der Waals surface area contributed by atoms with Crippen LogP contribution in [0, 0.1) is 6.92 Å². The minimum absolute atomic E-state index is 0.650. The smallest absolute Gasteiger partial charge is 0.150 e. The van der Waals surface area contributed by atoms with Gasteiger partial charge in [-0.1, -0.05) is 36.4 Å². The molecule has 0 spiro atoms. The van der Waals surface area contributed by atoms with Gasteiger partial charge in [-0.05, 0) is 73.9 Å². The summed E-state index contributed by atoms with van der Waals surface area (Å²) < 4.78 is 3.33. The average molecular weight is 457 g/mol. The number of hydrogen-bond acceptors (Lipinski definition) is 6. The van der Waals surface area contributed by atoms with E-state index >= 15 is 0 Å². The molecule has 1 aliphatic heterocycles. The lowest BCUT2D eigenvalue weighted by molar-refractivity contribution is 0.112. The summed E-state index contributed by atoms with van der Waals surface area (Å²) in [6.45, 7) is 4.31. The van der Waals surface area contributed by atoms with Gasteiger partial charge in [-0.2, -0.15) is 0 Å². The quantitative estimate of drug-likeness (QED) is 0.279. The van der Waals surface area contributed by atoms with Gasteiger partial charge in [0.25, 0.3) is 0 Å². The van der Waals surface area contributed by atoms with E-state index in [1.165, 1.54) is 17.6 Å². The Morgan fingerprint density at radius 2 is 1.79 bits per heavy atom. The van der Waals surface area contributed by atoms with Gasteiger partial charge in [0.15, 0.2) is 0 Å². The summed E-state index contributed by atoms with van der Waals surface area (Å²) in [4.78, 5) is 18.6. The Morgan fingerprint density at radius 1 is 1.00 bits per heavy atom. The number of hydrogen-bond donors (Lipinski definition) is 2. The number of pyridine rings is 1. The van der Waals surface area contributed by atoms with Gasteiger partial charge in [0.2, 0.25) is 0 Å². The van der Waals surface area contributed by atoms with E-state index in [4.69, 9.17) is 0 Å². The number of aryl methyl sites for hydroxylation is 1. The molecule has 4 aromatic rings. The number of benzene rings is 3. The number of para-hydroxylation sites is 2. The molecule has 0 bridgehead atoms. The van der Waals surface area contributed by atoms with Crippen molar-refractivity contribution in [3.05, 3.63) is 96.2 Å². The lowest BCUT2D eigenvalue weighted by atomic mass is 10.1. The first-order valence-electron chi connectivity index (χ1n) is 10.9. The van der Waals surface area contributed by atoms with Crippen LogP contribution in [0.15, 0.2) is 90.0 Å². The second kappa shape index (κ2) is 11.0. The fourth-order valence-electron chi connectivity index (χ4n) is 3.70. The summed E-state index contributed by atoms with van der Waals surface area (Å²) in [6, 6.07) is 26.7. The average Bonchev–Trinajstić information content (AvgIpc) is 2.83. The number of fused-ring (bicyclic) bond motifs is 1. The SMILES string of the molecule is CN1CC(Nc2ccccc2)C1.Cc1cc(C=O)ccc1NSc1cccc2cccnc12. The molecular weight excluding hydrogens is 428 g/mol. The summed E-state index contributed by atoms with van der Waals surface area (Å²) in [5, 5.41) is 4.59. The van der Waals surface area contributed by atoms with Crippen LogP contribution in [-0.4, -0.2) is 42.3 Å². The number of carbonyl (C=O) groups excluding carboxylic acids is 1. The molecule has 3 aromatic carbocycles. The number of anilines is 2. The predicted molar refractivity (Wildman–Crippen MR) is 139 cm³/mol. The molecule has 0 atom stereocenters. The van der Waals surface area contributed by atoms with Gasteiger partial charge in [0.05, 0.1) is 16.5 Å². The minimum Gasteiger partial charge on any atom is -0.380 e. The molecule has 6 heteroatoms. The Labute approximate surface area is 199 Å². The predicted octanol–water partition coefficient (Wildman–Crippen LogP) is 5.89. The molecule has 33 heavy (non-hydrogen) atoms. The lowest BCUT2D eigenvalue weighted by Gasteiger charge is -2.37. The van der Waals surface area contributed by atoms with Crippen molar-refractivity contribution in [3.8, 4) is 0 Å². The molecule has 0 radical (unpaired) electrons. The molecule has 1 aliphatic rings. The van der Waals surface area contributed by atoms with Gasteiger partial charge in [0, 0.05) is 41.6 Å². The standard InChI is InChI=1S/C17H14N2OS.C10H14N2/c1-12-10-13(11-20)7-8-15(12)19-21-16-6-2-4-14-5-3-9-18-17(14)16;1-12-7-10(8-12)11-9-5-3-2-4-6-9/h2-11,19H,1H3;2-6,10-11H,7-8H2,1H3. The number of rotatable bonds is 6. The number of likely N-dealkylation sites (tertiary alicyclic amines) is 1. The second-order valence-corrected chi connectivity index (χ2v) is 9.00. The third-order valence-electron chi connectivity index (χ3n) is 5.46. The molecule has 0 saturated carbocycles. The van der Waals surface area contributed by atoms with E-state index in [1.54, 1.807) is 6.20 Å². The lowest BCUT2D eigenvalue weighted by Crippen LogP contribution is -2.52. The van der Waals surface area contributed by atoms with Gasteiger partial charge in [-0.25, -0.2) is 0 Å². The van der Waals surface area contributed by atoms with Gasteiger partial charge in [-0.3, -0.25) is 9.78 Å². The van der Waals surface area contributed by atoms with Crippen molar-refractivity contribution in [2.24, 2.45) is 0 Å². The number of aromatic nitrogens is 1. The summed E-state index contributed by atoms with van der Waals surface area (Å²) in [7, 11) is 2.14. The van der Waals surface area contributed by atoms with Crippen molar-refractivity contribution in [1.29, 1.82) is 0 Å². The first-order valence-corrected chi connectivity index (χ1v) is 11.8. The molecule has 0 unspecified atom stereocenters. The Morgan fingerprint density at radius 3 is 2.52 bits per heavy atom. The number of nitrogens with zero attached hydrogens (tertiary/aromatic N) is 2. The van der Waals surface area contributed by atoms with Crippen LogP contribution in [0.1, 0.15) is 15.9 Å². The number of likely N-dealkylation sites (N-methyl/N-ethyl adjacent to an activating group) is 1. The summed E-state index contributed by atoms with van der Waals surface area (Å²) >= 11 is 1.53. The third-order valence-corrected chi connectivity index (χ3v) is 6.33. The van der Waals surface area contributed by atoms with Crippen molar-refractivity contribution < 1.29 is 4.79 Å². The van der Waals surface area contributed by atoms with E-state index in [0.29, 0.717) is 11.6 Å². The van der Waals surface area contributed by atoms with Crippen molar-refractivity contribution >= 4 is 40.5 Å². The zero-order chi connectivity index (χ0) is 23.0. The zero-order valence-corrected chi connectivity index (χ0v) is 19.7. The number of carbonyl (C=O) groups is 1. The minimum atomic E-state index is 0.650. The van der Waals surface area contributed by atoms with Gasteiger partial charge in [-0.15, -0.1) is 0 Å². The molecular formula is C27H28N4OS. The number of nitrogens with one attached hydrogen (secondary N) is 2. The molecule has 5 nitrogen and oxygen atoms in total. The first kappa shape index (κ1) is 22.8. The largest absolute Gasteiger partial charge is 0.380 e. The van der Waals surface area contributed by atoms with Crippen LogP contribution in [-0.2, 0) is 0 Å². The highest BCUT2D eigenvalue weighted by molar-refractivity contribution is 8.00. The second-order valence-electron chi connectivity index (χ2n) is 8.16. The van der Waals surface area contributed by atoms with Crippen molar-refractivity contribution in [1.82, 2.24) is 9.88 Å². The van der Waals surface area contributed by atoms with Crippen LogP contribution < -0.4 is 10.0 Å². The van der Waals surface area contributed by atoms with E-state index < -0.39 is 0 Å². The molecule has 1 aromatic heterocycles. The monoisotopic (exact) mass is 456 g/mol. The van der Waals surface area contributed by atoms with Crippen LogP contribution in [0.3, 0.4) is 0 Å². The van der Waals surface area contributed by atoms with E-state index in [-0.39, 0.29) is 0 Å². The van der Waals surface area contributed by atoms with Crippen LogP contribution in [0.4, 0.5) is 11.4 Å². The van der Waals surface area contributed by atoms with Crippen LogP contribution in [0.2, 0.25) is 0 Å². The van der Waals surface area contributed by atoms with Crippen molar-refractivity contribution in [2.45, 2.75) is 17.9 Å². The third kappa shape index (κ3) is 6.12. The fourth-order valence-corrected chi connectivity index (χ4v) is 4.57.